The molecule has 1 aromatic heterocycles. The van der Waals surface area contributed by atoms with Gasteiger partial charge in [0.15, 0.2) is 0 Å². The summed E-state index contributed by atoms with van der Waals surface area (Å²) < 4.78 is 0. The quantitative estimate of drug-likeness (QED) is 0.770. The first kappa shape index (κ1) is 11.2. The van der Waals surface area contributed by atoms with Crippen molar-refractivity contribution in [2.75, 3.05) is 11.1 Å². The topological polar surface area (TPSA) is 84.0 Å². The summed E-state index contributed by atoms with van der Waals surface area (Å²) in [7, 11) is 0. The zero-order chi connectivity index (χ0) is 11.5. The molecule has 1 aromatic rings. The van der Waals surface area contributed by atoms with Crippen LogP contribution in [0.2, 0.25) is 5.15 Å². The Labute approximate surface area is 100 Å². The molecule has 0 saturated carbocycles. The van der Waals surface area contributed by atoms with Gasteiger partial charge in [-0.2, -0.15) is 0 Å². The maximum absolute atomic E-state index is 11.6. The zero-order valence-electron chi connectivity index (χ0n) is 7.94. The molecule has 16 heavy (non-hydrogen) atoms. The molecular weight excluding hydrogens is 252 g/mol. The van der Waals surface area contributed by atoms with E-state index in [0.717, 1.165) is 11.8 Å². The van der Waals surface area contributed by atoms with Gasteiger partial charge in [-0.15, -0.1) is 0 Å². The molecule has 1 aliphatic rings. The van der Waals surface area contributed by atoms with Crippen LogP contribution in [0.3, 0.4) is 0 Å². The largest absolute Gasteiger partial charge is 0.334 e. The molecule has 2 amide bonds. The van der Waals surface area contributed by atoms with Crippen LogP contribution in [-0.4, -0.2) is 32.9 Å². The lowest BCUT2D eigenvalue weighted by Gasteiger charge is -2.08. The molecule has 0 radical (unpaired) electrons. The summed E-state index contributed by atoms with van der Waals surface area (Å²) in [4.78, 5) is 30.1. The Bertz CT molecular complexity index is 442. The van der Waals surface area contributed by atoms with Gasteiger partial charge in [-0.05, 0) is 6.07 Å². The fourth-order valence-electron chi connectivity index (χ4n) is 1.12. The van der Waals surface area contributed by atoms with Gasteiger partial charge in [-0.3, -0.25) is 14.9 Å². The molecule has 1 fully saturated rings. The standard InChI is InChI=1S/C8H7ClN4O2S/c9-5-1-2-10-7(12-5)13-6(14)4-3-16-8(15)11-4/h1-2,4H,3H2,(H,11,15)(H,10,12,13,14). The van der Waals surface area contributed by atoms with Gasteiger partial charge in [0.1, 0.15) is 11.2 Å². The van der Waals surface area contributed by atoms with E-state index < -0.39 is 6.04 Å². The van der Waals surface area contributed by atoms with E-state index in [1.54, 1.807) is 0 Å². The van der Waals surface area contributed by atoms with E-state index >= 15 is 0 Å². The highest BCUT2D eigenvalue weighted by Crippen LogP contribution is 2.14. The van der Waals surface area contributed by atoms with Crippen LogP contribution in [0.25, 0.3) is 0 Å². The van der Waals surface area contributed by atoms with Gasteiger partial charge < -0.3 is 5.32 Å². The molecule has 0 aliphatic carbocycles. The molecule has 0 bridgehead atoms. The third kappa shape index (κ3) is 2.61. The zero-order valence-corrected chi connectivity index (χ0v) is 9.51. The lowest BCUT2D eigenvalue weighted by molar-refractivity contribution is -0.117. The molecule has 6 nitrogen and oxygen atoms in total. The molecule has 2 N–H and O–H groups in total. The lowest BCUT2D eigenvalue weighted by Crippen LogP contribution is -2.39. The maximum Gasteiger partial charge on any atom is 0.279 e. The van der Waals surface area contributed by atoms with Gasteiger partial charge in [0.05, 0.1) is 0 Å². The summed E-state index contributed by atoms with van der Waals surface area (Å²) >= 11 is 6.70. The van der Waals surface area contributed by atoms with E-state index in [9.17, 15) is 9.59 Å². The van der Waals surface area contributed by atoms with Crippen molar-refractivity contribution in [2.24, 2.45) is 0 Å². The molecule has 84 valence electrons. The molecule has 1 saturated heterocycles. The van der Waals surface area contributed by atoms with E-state index in [1.165, 1.54) is 12.3 Å². The smallest absolute Gasteiger partial charge is 0.279 e. The summed E-state index contributed by atoms with van der Waals surface area (Å²) in [5.41, 5.74) is 0. The first-order valence-corrected chi connectivity index (χ1v) is 5.74. The molecular formula is C8H7ClN4O2S. The number of hydrogen-bond acceptors (Lipinski definition) is 5. The van der Waals surface area contributed by atoms with Crippen molar-refractivity contribution < 1.29 is 9.59 Å². The minimum atomic E-state index is -0.542. The van der Waals surface area contributed by atoms with Crippen LogP contribution in [-0.2, 0) is 4.79 Å². The number of amides is 2. The van der Waals surface area contributed by atoms with Crippen molar-refractivity contribution in [2.45, 2.75) is 6.04 Å². The Balaban J connectivity index is 1.99. The minimum Gasteiger partial charge on any atom is -0.334 e. The average Bonchev–Trinajstić information content (AvgIpc) is 2.65. The normalized spacial score (nSPS) is 19.3. The first-order chi connectivity index (χ1) is 7.65. The summed E-state index contributed by atoms with van der Waals surface area (Å²) in [5, 5.41) is 5.03. The van der Waals surface area contributed by atoms with Gasteiger partial charge in [-0.1, -0.05) is 23.4 Å². The number of anilines is 1. The second-order valence-corrected chi connectivity index (χ2v) is 4.37. The average molecular weight is 259 g/mol. The lowest BCUT2D eigenvalue weighted by atomic mass is 10.3. The summed E-state index contributed by atoms with van der Waals surface area (Å²) in [6.45, 7) is 0. The van der Waals surface area contributed by atoms with E-state index in [4.69, 9.17) is 11.6 Å². The van der Waals surface area contributed by atoms with Crippen LogP contribution in [0.4, 0.5) is 10.7 Å². The van der Waals surface area contributed by atoms with Crippen LogP contribution >= 0.6 is 23.4 Å². The Hall–Kier alpha value is -1.34. The number of thioether (sulfide) groups is 1. The third-order valence-electron chi connectivity index (χ3n) is 1.85. The highest BCUT2D eigenvalue weighted by Gasteiger charge is 2.28. The van der Waals surface area contributed by atoms with Crippen LogP contribution in [0.1, 0.15) is 0 Å². The number of nitrogens with zero attached hydrogens (tertiary/aromatic N) is 2. The third-order valence-corrected chi connectivity index (χ3v) is 2.94. The Morgan fingerprint density at radius 3 is 3.12 bits per heavy atom. The summed E-state index contributed by atoms with van der Waals surface area (Å²) in [6, 6.07) is 0.963. The van der Waals surface area contributed by atoms with Gasteiger partial charge in [0, 0.05) is 11.9 Å². The van der Waals surface area contributed by atoms with Crippen molar-refractivity contribution in [3.63, 3.8) is 0 Å². The second kappa shape index (κ2) is 4.67. The van der Waals surface area contributed by atoms with Gasteiger partial charge in [0.2, 0.25) is 11.9 Å². The first-order valence-electron chi connectivity index (χ1n) is 4.38. The summed E-state index contributed by atoms with van der Waals surface area (Å²) in [6.07, 6.45) is 1.44. The maximum atomic E-state index is 11.6. The van der Waals surface area contributed by atoms with E-state index in [0.29, 0.717) is 5.75 Å². The number of carbonyl (C=O) groups is 2. The van der Waals surface area contributed by atoms with Crippen molar-refractivity contribution in [1.29, 1.82) is 0 Å². The van der Waals surface area contributed by atoms with Crippen LogP contribution in [0, 0.1) is 0 Å². The van der Waals surface area contributed by atoms with Crippen LogP contribution in [0.15, 0.2) is 12.3 Å². The van der Waals surface area contributed by atoms with Crippen molar-refractivity contribution in [1.82, 2.24) is 15.3 Å². The molecule has 2 rings (SSSR count). The van der Waals surface area contributed by atoms with Crippen molar-refractivity contribution in [3.05, 3.63) is 17.4 Å². The molecule has 0 spiro atoms. The molecule has 8 heteroatoms. The van der Waals surface area contributed by atoms with Gasteiger partial charge in [-0.25, -0.2) is 9.97 Å². The van der Waals surface area contributed by atoms with Gasteiger partial charge >= 0.3 is 0 Å². The van der Waals surface area contributed by atoms with Crippen molar-refractivity contribution in [3.8, 4) is 0 Å². The molecule has 2 heterocycles. The molecule has 1 atom stereocenters. The van der Waals surface area contributed by atoms with E-state index in [1.807, 2.05) is 0 Å². The monoisotopic (exact) mass is 258 g/mol. The number of carbonyl (C=O) groups excluding carboxylic acids is 2. The Kier molecular flexibility index (Phi) is 3.25. The number of halogens is 1. The summed E-state index contributed by atoms with van der Waals surface area (Å²) in [5.74, 6) is 0.190. The predicted molar refractivity (Wildman–Crippen MR) is 60.4 cm³/mol. The minimum absolute atomic E-state index is 0.128. The Morgan fingerprint density at radius 2 is 2.50 bits per heavy atom. The second-order valence-electron chi connectivity index (χ2n) is 2.99. The molecule has 1 unspecified atom stereocenters. The van der Waals surface area contributed by atoms with Crippen molar-refractivity contribution >= 4 is 40.5 Å². The van der Waals surface area contributed by atoms with E-state index in [2.05, 4.69) is 20.6 Å². The number of aromatic nitrogens is 2. The predicted octanol–water partition coefficient (Wildman–Crippen LogP) is 0.893. The fourth-order valence-corrected chi connectivity index (χ4v) is 2.03. The van der Waals surface area contributed by atoms with Crippen LogP contribution < -0.4 is 10.6 Å². The number of hydrogen-bond donors (Lipinski definition) is 2. The highest BCUT2D eigenvalue weighted by molar-refractivity contribution is 8.14. The van der Waals surface area contributed by atoms with Gasteiger partial charge in [0.25, 0.3) is 5.24 Å². The number of rotatable bonds is 2. The number of nitrogens with one attached hydrogen (secondary N) is 2. The molecule has 1 aliphatic heterocycles. The van der Waals surface area contributed by atoms with Crippen LogP contribution in [0.5, 0.6) is 0 Å². The fraction of sp³-hybridized carbons (Fsp3) is 0.250. The molecule has 0 aromatic carbocycles. The SMILES string of the molecule is O=C1NC(C(=O)Nc2nccc(Cl)n2)CS1. The van der Waals surface area contributed by atoms with E-state index in [-0.39, 0.29) is 22.2 Å². The highest BCUT2D eigenvalue weighted by atomic mass is 35.5. The Morgan fingerprint density at radius 1 is 1.69 bits per heavy atom.